The standard InChI is InChI=1S/C30H32N2O3S/c1-32(36(34,35)28-5-3-2-4-6-28)27-13-7-24(8-14-27)29(33)31-26-11-9-25(10-12-26)30-18-21-15-22(19-30)17-23(16-21)20-30/h2-14,21-23H,15-20H2,1H3,(H,31,33). The minimum Gasteiger partial charge on any atom is -0.322 e. The van der Waals surface area contributed by atoms with Crippen LogP contribution in [0.4, 0.5) is 11.4 Å². The van der Waals surface area contributed by atoms with Crippen LogP contribution in [0.25, 0.3) is 0 Å². The molecule has 0 heterocycles. The highest BCUT2D eigenvalue weighted by molar-refractivity contribution is 7.92. The molecule has 7 rings (SSSR count). The Bertz CT molecular complexity index is 1330. The number of carbonyl (C=O) groups is 1. The first-order valence-corrected chi connectivity index (χ1v) is 14.3. The summed E-state index contributed by atoms with van der Waals surface area (Å²) >= 11 is 0. The van der Waals surface area contributed by atoms with E-state index in [1.54, 1.807) is 54.6 Å². The van der Waals surface area contributed by atoms with Crippen LogP contribution in [0.3, 0.4) is 0 Å². The van der Waals surface area contributed by atoms with Gasteiger partial charge in [-0.05, 0) is 116 Å². The molecule has 4 bridgehead atoms. The third-order valence-corrected chi connectivity index (χ3v) is 10.5. The van der Waals surface area contributed by atoms with Crippen molar-refractivity contribution in [3.05, 3.63) is 90.0 Å². The van der Waals surface area contributed by atoms with Crippen LogP contribution < -0.4 is 9.62 Å². The molecule has 0 spiro atoms. The predicted octanol–water partition coefficient (Wildman–Crippen LogP) is 6.23. The van der Waals surface area contributed by atoms with Crippen molar-refractivity contribution in [2.45, 2.75) is 48.8 Å². The zero-order valence-electron chi connectivity index (χ0n) is 20.6. The first-order chi connectivity index (χ1) is 17.3. The maximum absolute atomic E-state index is 12.9. The van der Waals surface area contributed by atoms with Gasteiger partial charge in [0.1, 0.15) is 0 Å². The molecule has 4 aliphatic rings. The van der Waals surface area contributed by atoms with Gasteiger partial charge in [0, 0.05) is 18.3 Å². The zero-order valence-corrected chi connectivity index (χ0v) is 21.4. The molecular weight excluding hydrogens is 468 g/mol. The molecular formula is C30H32N2O3S. The van der Waals surface area contributed by atoms with Crippen LogP contribution in [0.1, 0.15) is 54.4 Å². The highest BCUT2D eigenvalue weighted by Gasteiger charge is 2.51. The van der Waals surface area contributed by atoms with E-state index in [2.05, 4.69) is 17.4 Å². The Balaban J connectivity index is 1.13. The number of rotatable bonds is 6. The van der Waals surface area contributed by atoms with Crippen LogP contribution in [0.15, 0.2) is 83.8 Å². The minimum absolute atomic E-state index is 0.210. The lowest BCUT2D eigenvalue weighted by Gasteiger charge is -2.57. The average Bonchev–Trinajstić information content (AvgIpc) is 2.88. The molecule has 1 amide bonds. The van der Waals surface area contributed by atoms with Crippen molar-refractivity contribution in [3.63, 3.8) is 0 Å². The van der Waals surface area contributed by atoms with Crippen molar-refractivity contribution in [2.24, 2.45) is 17.8 Å². The number of carbonyl (C=O) groups excluding carboxylic acids is 1. The minimum atomic E-state index is -3.66. The van der Waals surface area contributed by atoms with Crippen molar-refractivity contribution in [1.82, 2.24) is 0 Å². The molecule has 0 aliphatic heterocycles. The second kappa shape index (κ2) is 8.77. The van der Waals surface area contributed by atoms with Gasteiger partial charge in [-0.15, -0.1) is 0 Å². The maximum atomic E-state index is 12.9. The van der Waals surface area contributed by atoms with Crippen LogP contribution in [-0.2, 0) is 15.4 Å². The number of anilines is 2. The fraction of sp³-hybridized carbons (Fsp3) is 0.367. The summed E-state index contributed by atoms with van der Waals surface area (Å²) in [4.78, 5) is 13.1. The Labute approximate surface area is 213 Å². The van der Waals surface area contributed by atoms with Crippen LogP contribution in [0.2, 0.25) is 0 Å². The molecule has 186 valence electrons. The number of hydrogen-bond acceptors (Lipinski definition) is 3. The van der Waals surface area contributed by atoms with Crippen LogP contribution in [0.5, 0.6) is 0 Å². The van der Waals surface area contributed by atoms with Crippen LogP contribution >= 0.6 is 0 Å². The summed E-state index contributed by atoms with van der Waals surface area (Å²) < 4.78 is 27.0. The molecule has 4 fully saturated rings. The van der Waals surface area contributed by atoms with Gasteiger partial charge >= 0.3 is 0 Å². The lowest BCUT2D eigenvalue weighted by atomic mass is 9.48. The van der Waals surface area contributed by atoms with E-state index < -0.39 is 10.0 Å². The lowest BCUT2D eigenvalue weighted by molar-refractivity contribution is -0.00518. The fourth-order valence-corrected chi connectivity index (χ4v) is 8.50. The lowest BCUT2D eigenvalue weighted by Crippen LogP contribution is -2.48. The summed E-state index contributed by atoms with van der Waals surface area (Å²) in [5.41, 5.74) is 3.54. The number of benzene rings is 3. The first kappa shape index (κ1) is 23.3. The fourth-order valence-electron chi connectivity index (χ4n) is 7.29. The summed E-state index contributed by atoms with van der Waals surface area (Å²) in [6.07, 6.45) is 8.27. The van der Waals surface area contributed by atoms with Crippen molar-refractivity contribution in [2.75, 3.05) is 16.7 Å². The normalized spacial score (nSPS) is 26.5. The van der Waals surface area contributed by atoms with Gasteiger partial charge in [0.15, 0.2) is 0 Å². The third-order valence-electron chi connectivity index (χ3n) is 8.69. The summed E-state index contributed by atoms with van der Waals surface area (Å²) in [5, 5.41) is 2.99. The van der Waals surface area contributed by atoms with Crippen molar-refractivity contribution in [3.8, 4) is 0 Å². The number of nitrogens with one attached hydrogen (secondary N) is 1. The Hall–Kier alpha value is -3.12. The Morgan fingerprint density at radius 1 is 0.806 bits per heavy atom. The quantitative estimate of drug-likeness (QED) is 0.436. The average molecular weight is 501 g/mol. The largest absolute Gasteiger partial charge is 0.322 e. The molecule has 0 radical (unpaired) electrons. The monoisotopic (exact) mass is 500 g/mol. The van der Waals surface area contributed by atoms with E-state index in [0.29, 0.717) is 16.7 Å². The molecule has 0 unspecified atom stereocenters. The van der Waals surface area contributed by atoms with E-state index in [4.69, 9.17) is 0 Å². The van der Waals surface area contributed by atoms with Gasteiger partial charge < -0.3 is 5.32 Å². The van der Waals surface area contributed by atoms with Gasteiger partial charge in [-0.3, -0.25) is 9.10 Å². The van der Waals surface area contributed by atoms with E-state index in [-0.39, 0.29) is 10.8 Å². The van der Waals surface area contributed by atoms with Crippen molar-refractivity contribution < 1.29 is 13.2 Å². The Kier molecular flexibility index (Phi) is 5.67. The number of sulfonamides is 1. The highest BCUT2D eigenvalue weighted by Crippen LogP contribution is 2.60. The van der Waals surface area contributed by atoms with E-state index in [0.717, 1.165) is 23.4 Å². The SMILES string of the molecule is CN(c1ccc(C(=O)Nc2ccc(C34CC5CC(CC(C5)C3)C4)cc2)cc1)S(=O)(=O)c1ccccc1. The van der Waals surface area contributed by atoms with Gasteiger partial charge in [-0.2, -0.15) is 0 Å². The maximum Gasteiger partial charge on any atom is 0.264 e. The summed E-state index contributed by atoms with van der Waals surface area (Å²) in [7, 11) is -2.15. The highest BCUT2D eigenvalue weighted by atomic mass is 32.2. The number of hydrogen-bond donors (Lipinski definition) is 1. The second-order valence-corrected chi connectivity index (χ2v) is 13.0. The van der Waals surface area contributed by atoms with Crippen molar-refractivity contribution >= 4 is 27.3 Å². The van der Waals surface area contributed by atoms with E-state index in [1.807, 2.05) is 12.1 Å². The smallest absolute Gasteiger partial charge is 0.264 e. The topological polar surface area (TPSA) is 66.5 Å². The second-order valence-electron chi connectivity index (χ2n) is 11.1. The van der Waals surface area contributed by atoms with Crippen LogP contribution in [-0.4, -0.2) is 21.4 Å². The summed E-state index contributed by atoms with van der Waals surface area (Å²) in [6.45, 7) is 0. The Morgan fingerprint density at radius 2 is 1.36 bits per heavy atom. The summed E-state index contributed by atoms with van der Waals surface area (Å²) in [6, 6.07) is 23.4. The molecule has 4 aliphatic carbocycles. The van der Waals surface area contributed by atoms with Crippen LogP contribution in [0, 0.1) is 17.8 Å². The summed E-state index contributed by atoms with van der Waals surface area (Å²) in [5.74, 6) is 2.50. The van der Waals surface area contributed by atoms with E-state index in [1.165, 1.54) is 55.4 Å². The molecule has 1 N–H and O–H groups in total. The van der Waals surface area contributed by atoms with Crippen molar-refractivity contribution in [1.29, 1.82) is 0 Å². The molecule has 36 heavy (non-hydrogen) atoms. The van der Waals surface area contributed by atoms with E-state index >= 15 is 0 Å². The van der Waals surface area contributed by atoms with Gasteiger partial charge in [-0.25, -0.2) is 8.42 Å². The van der Waals surface area contributed by atoms with E-state index in [9.17, 15) is 13.2 Å². The number of amides is 1. The Morgan fingerprint density at radius 3 is 1.92 bits per heavy atom. The molecule has 3 aromatic rings. The zero-order chi connectivity index (χ0) is 24.9. The molecule has 0 aromatic heterocycles. The third kappa shape index (κ3) is 4.11. The molecule has 3 aromatic carbocycles. The molecule has 0 atom stereocenters. The molecule has 4 saturated carbocycles. The molecule has 0 saturated heterocycles. The van der Waals surface area contributed by atoms with Gasteiger partial charge in [-0.1, -0.05) is 30.3 Å². The molecule has 6 heteroatoms. The van der Waals surface area contributed by atoms with Gasteiger partial charge in [0.05, 0.1) is 10.6 Å². The number of nitrogens with zero attached hydrogens (tertiary/aromatic N) is 1. The molecule has 5 nitrogen and oxygen atoms in total. The van der Waals surface area contributed by atoms with Gasteiger partial charge in [0.2, 0.25) is 0 Å². The predicted molar refractivity (Wildman–Crippen MR) is 143 cm³/mol. The van der Waals surface area contributed by atoms with Gasteiger partial charge in [0.25, 0.3) is 15.9 Å². The first-order valence-electron chi connectivity index (χ1n) is 12.9.